The Morgan fingerprint density at radius 1 is 1.26 bits per heavy atom. The number of alkyl halides is 1. The number of ether oxygens (including phenoxy) is 2. The van der Waals surface area contributed by atoms with Gasteiger partial charge in [-0.25, -0.2) is 0 Å². The number of nitrogens with zero attached hydrogens (tertiary/aromatic N) is 1. The van der Waals surface area contributed by atoms with Crippen molar-refractivity contribution in [3.05, 3.63) is 23.8 Å². The van der Waals surface area contributed by atoms with Gasteiger partial charge in [0.25, 0.3) is 5.91 Å². The van der Waals surface area contributed by atoms with Gasteiger partial charge in [-0.2, -0.15) is 0 Å². The largest absolute Gasteiger partial charge is 0.497 e. The van der Waals surface area contributed by atoms with E-state index >= 15 is 0 Å². The van der Waals surface area contributed by atoms with Crippen LogP contribution in [0, 0.1) is 0 Å². The number of hydrogen-bond acceptors (Lipinski definition) is 3. The molecule has 0 bridgehead atoms. The van der Waals surface area contributed by atoms with Crippen LogP contribution in [-0.2, 0) is 0 Å². The van der Waals surface area contributed by atoms with E-state index in [1.54, 1.807) is 37.3 Å². The predicted molar refractivity (Wildman–Crippen MR) is 76.5 cm³/mol. The molecule has 1 aromatic rings. The maximum atomic E-state index is 12.5. The minimum absolute atomic E-state index is 0.0850. The number of carbonyl (C=O) groups excluding carboxylic acids is 1. The van der Waals surface area contributed by atoms with E-state index in [2.05, 4.69) is 0 Å². The summed E-state index contributed by atoms with van der Waals surface area (Å²) in [4.78, 5) is 14.2. The fourth-order valence-corrected chi connectivity index (χ4v) is 2.04. The first-order chi connectivity index (χ1) is 9.17. The summed E-state index contributed by atoms with van der Waals surface area (Å²) in [6.45, 7) is 3.22. The lowest BCUT2D eigenvalue weighted by Crippen LogP contribution is -2.33. The molecule has 106 valence electrons. The fraction of sp³-hybridized carbons (Fsp3) is 0.500. The number of methoxy groups -OCH3 is 2. The molecule has 0 heterocycles. The maximum absolute atomic E-state index is 12.5. The molecule has 19 heavy (non-hydrogen) atoms. The van der Waals surface area contributed by atoms with Gasteiger partial charge in [0.2, 0.25) is 0 Å². The molecular formula is C14H20ClNO3. The topological polar surface area (TPSA) is 38.8 Å². The summed E-state index contributed by atoms with van der Waals surface area (Å²) in [7, 11) is 3.11. The fourth-order valence-electron chi connectivity index (χ4n) is 1.84. The SMILES string of the molecule is CCCN(CCCl)C(=O)c1cc(OC)ccc1OC. The van der Waals surface area contributed by atoms with E-state index in [1.807, 2.05) is 6.92 Å². The Kier molecular flexibility index (Phi) is 6.50. The average Bonchev–Trinajstić information content (AvgIpc) is 2.45. The van der Waals surface area contributed by atoms with Gasteiger partial charge in [0.15, 0.2) is 0 Å². The van der Waals surface area contributed by atoms with Gasteiger partial charge in [-0.3, -0.25) is 4.79 Å². The van der Waals surface area contributed by atoms with Gasteiger partial charge in [0, 0.05) is 19.0 Å². The van der Waals surface area contributed by atoms with Crippen molar-refractivity contribution in [2.24, 2.45) is 0 Å². The lowest BCUT2D eigenvalue weighted by atomic mass is 10.1. The van der Waals surface area contributed by atoms with Crippen LogP contribution in [0.25, 0.3) is 0 Å². The van der Waals surface area contributed by atoms with Gasteiger partial charge < -0.3 is 14.4 Å². The normalized spacial score (nSPS) is 10.1. The molecule has 1 rings (SSSR count). The molecule has 0 N–H and O–H groups in total. The molecule has 0 radical (unpaired) electrons. The minimum atomic E-state index is -0.0850. The second-order valence-electron chi connectivity index (χ2n) is 4.05. The zero-order chi connectivity index (χ0) is 14.3. The lowest BCUT2D eigenvalue weighted by molar-refractivity contribution is 0.0761. The molecule has 1 aromatic carbocycles. The molecule has 0 aliphatic carbocycles. The van der Waals surface area contributed by atoms with E-state index in [-0.39, 0.29) is 5.91 Å². The highest BCUT2D eigenvalue weighted by molar-refractivity contribution is 6.18. The van der Waals surface area contributed by atoms with Crippen molar-refractivity contribution in [1.82, 2.24) is 4.90 Å². The summed E-state index contributed by atoms with van der Waals surface area (Å²) in [5, 5.41) is 0. The van der Waals surface area contributed by atoms with Crippen molar-refractivity contribution in [2.75, 3.05) is 33.2 Å². The Labute approximate surface area is 119 Å². The molecule has 5 heteroatoms. The van der Waals surface area contributed by atoms with Gasteiger partial charge in [-0.05, 0) is 24.6 Å². The molecule has 0 saturated heterocycles. The van der Waals surface area contributed by atoms with Crippen molar-refractivity contribution in [2.45, 2.75) is 13.3 Å². The Balaban J connectivity index is 3.06. The first-order valence-corrected chi connectivity index (χ1v) is 6.78. The molecule has 0 unspecified atom stereocenters. The van der Waals surface area contributed by atoms with E-state index in [1.165, 1.54) is 0 Å². The lowest BCUT2D eigenvalue weighted by Gasteiger charge is -2.22. The molecule has 0 aliphatic heterocycles. The van der Waals surface area contributed by atoms with E-state index < -0.39 is 0 Å². The number of amides is 1. The smallest absolute Gasteiger partial charge is 0.257 e. The second kappa shape index (κ2) is 7.89. The van der Waals surface area contributed by atoms with Crippen molar-refractivity contribution >= 4 is 17.5 Å². The molecule has 4 nitrogen and oxygen atoms in total. The molecule has 0 fully saturated rings. The van der Waals surface area contributed by atoms with Crippen molar-refractivity contribution < 1.29 is 14.3 Å². The zero-order valence-electron chi connectivity index (χ0n) is 11.6. The van der Waals surface area contributed by atoms with Crippen molar-refractivity contribution in [3.63, 3.8) is 0 Å². The molecular weight excluding hydrogens is 266 g/mol. The Hall–Kier alpha value is -1.42. The van der Waals surface area contributed by atoms with Crippen LogP contribution in [-0.4, -0.2) is 44.0 Å². The number of benzene rings is 1. The Morgan fingerprint density at radius 3 is 2.53 bits per heavy atom. The molecule has 0 saturated carbocycles. The third kappa shape index (κ3) is 4.03. The van der Waals surface area contributed by atoms with Crippen LogP contribution < -0.4 is 9.47 Å². The molecule has 1 amide bonds. The van der Waals surface area contributed by atoms with Crippen LogP contribution >= 0.6 is 11.6 Å². The number of halogens is 1. The van der Waals surface area contributed by atoms with Gasteiger partial charge in [0.05, 0.1) is 19.8 Å². The average molecular weight is 286 g/mol. The molecule has 0 spiro atoms. The Bertz CT molecular complexity index is 417. The predicted octanol–water partition coefficient (Wildman–Crippen LogP) is 2.79. The number of carbonyl (C=O) groups is 1. The standard InChI is InChI=1S/C14H20ClNO3/c1-4-8-16(9-7-15)14(17)12-10-11(18-2)5-6-13(12)19-3/h5-6,10H,4,7-9H2,1-3H3. The van der Waals surface area contributed by atoms with E-state index in [0.29, 0.717) is 36.0 Å². The van der Waals surface area contributed by atoms with Crippen molar-refractivity contribution in [3.8, 4) is 11.5 Å². The van der Waals surface area contributed by atoms with Crippen LogP contribution in [0.5, 0.6) is 11.5 Å². The number of hydrogen-bond donors (Lipinski definition) is 0. The monoisotopic (exact) mass is 285 g/mol. The quantitative estimate of drug-likeness (QED) is 0.723. The zero-order valence-corrected chi connectivity index (χ0v) is 12.4. The maximum Gasteiger partial charge on any atom is 0.257 e. The van der Waals surface area contributed by atoms with Crippen LogP contribution in [0.2, 0.25) is 0 Å². The van der Waals surface area contributed by atoms with E-state index in [0.717, 1.165) is 6.42 Å². The Morgan fingerprint density at radius 2 is 2.00 bits per heavy atom. The van der Waals surface area contributed by atoms with Crippen molar-refractivity contribution in [1.29, 1.82) is 0 Å². The summed E-state index contributed by atoms with van der Waals surface area (Å²) in [5.74, 6) is 1.50. The third-order valence-electron chi connectivity index (χ3n) is 2.77. The van der Waals surface area contributed by atoms with Gasteiger partial charge >= 0.3 is 0 Å². The number of rotatable bonds is 7. The summed E-state index contributed by atoms with van der Waals surface area (Å²) in [6.07, 6.45) is 0.884. The summed E-state index contributed by atoms with van der Waals surface area (Å²) in [6, 6.07) is 5.19. The summed E-state index contributed by atoms with van der Waals surface area (Å²) < 4.78 is 10.4. The molecule has 0 atom stereocenters. The highest BCUT2D eigenvalue weighted by Crippen LogP contribution is 2.25. The highest BCUT2D eigenvalue weighted by atomic mass is 35.5. The first kappa shape index (κ1) is 15.6. The van der Waals surface area contributed by atoms with Crippen LogP contribution in [0.4, 0.5) is 0 Å². The minimum Gasteiger partial charge on any atom is -0.497 e. The summed E-state index contributed by atoms with van der Waals surface area (Å²) >= 11 is 5.75. The molecule has 0 aromatic heterocycles. The second-order valence-corrected chi connectivity index (χ2v) is 4.43. The van der Waals surface area contributed by atoms with Crippen LogP contribution in [0.1, 0.15) is 23.7 Å². The van der Waals surface area contributed by atoms with Crippen LogP contribution in [0.15, 0.2) is 18.2 Å². The first-order valence-electron chi connectivity index (χ1n) is 6.25. The van der Waals surface area contributed by atoms with E-state index in [9.17, 15) is 4.79 Å². The highest BCUT2D eigenvalue weighted by Gasteiger charge is 2.19. The van der Waals surface area contributed by atoms with Gasteiger partial charge in [-0.1, -0.05) is 6.92 Å². The van der Waals surface area contributed by atoms with Gasteiger partial charge in [-0.15, -0.1) is 11.6 Å². The van der Waals surface area contributed by atoms with E-state index in [4.69, 9.17) is 21.1 Å². The summed E-state index contributed by atoms with van der Waals surface area (Å²) in [5.41, 5.74) is 0.500. The van der Waals surface area contributed by atoms with Gasteiger partial charge in [0.1, 0.15) is 11.5 Å². The van der Waals surface area contributed by atoms with Crippen LogP contribution in [0.3, 0.4) is 0 Å². The third-order valence-corrected chi connectivity index (χ3v) is 2.94. The molecule has 0 aliphatic rings.